The van der Waals surface area contributed by atoms with Crippen LogP contribution in [0.15, 0.2) is 127 Å². The van der Waals surface area contributed by atoms with E-state index in [0.717, 1.165) is 47.1 Å². The summed E-state index contributed by atoms with van der Waals surface area (Å²) in [4.78, 5) is 28.6. The van der Waals surface area contributed by atoms with Crippen molar-refractivity contribution >= 4 is 50.0 Å². The molecule has 1 aliphatic heterocycles. The van der Waals surface area contributed by atoms with E-state index in [1.54, 1.807) is 18.2 Å². The summed E-state index contributed by atoms with van der Waals surface area (Å²) in [5, 5.41) is 8.88. The van der Waals surface area contributed by atoms with Crippen LogP contribution in [0.3, 0.4) is 0 Å². The Balaban J connectivity index is 1.17. The molecule has 1 atom stereocenters. The van der Waals surface area contributed by atoms with Crippen molar-refractivity contribution < 1.29 is 13.2 Å². The van der Waals surface area contributed by atoms with Crippen molar-refractivity contribution in [2.75, 3.05) is 68.2 Å². The van der Waals surface area contributed by atoms with Crippen LogP contribution in [-0.2, 0) is 9.84 Å². The molecule has 1 unspecified atom stereocenters. The number of nitrogens with one attached hydrogen (secondary N) is 3. The lowest BCUT2D eigenvalue weighted by molar-refractivity contribution is 0.102. The molecule has 0 radical (unpaired) electrons. The zero-order chi connectivity index (χ0) is 36.0. The first-order valence-corrected chi connectivity index (χ1v) is 18.2. The molecular weight excluding hydrogens is 661 g/mol. The third kappa shape index (κ3) is 8.43. The number of nitrogens with zero attached hydrogens (tertiary/aromatic N) is 5. The smallest absolute Gasteiger partial charge is 0.255 e. The normalized spacial score (nSPS) is 14.3. The summed E-state index contributed by atoms with van der Waals surface area (Å²) in [5.74, 6) is 0.239. The fourth-order valence-corrected chi connectivity index (χ4v) is 7.63. The van der Waals surface area contributed by atoms with Gasteiger partial charge in [0.2, 0.25) is 0 Å². The average molecular weight is 703 g/mol. The lowest BCUT2D eigenvalue weighted by Crippen LogP contribution is -2.50. The number of hydrogen-bond donors (Lipinski definition) is 3. The number of anilines is 6. The van der Waals surface area contributed by atoms with Crippen LogP contribution in [0.5, 0.6) is 0 Å². The van der Waals surface area contributed by atoms with Gasteiger partial charge in [0.05, 0.1) is 10.6 Å². The molecular formula is C39H42N8O3S. The number of carbonyl (C=O) groups excluding carboxylic acids is 1. The monoisotopic (exact) mass is 702 g/mol. The number of hydrogen-bond acceptors (Lipinski definition) is 10. The Labute approximate surface area is 299 Å². The van der Waals surface area contributed by atoms with E-state index in [9.17, 15) is 13.2 Å². The standard InChI is InChI=1S/C39H42N8O3S/c1-5-38(47-21-19-46(4)20-22-47)51(49,50)33-16-8-11-28(23-33)39(48)44-30-13-9-12-29(24-30)42-35-18-7-6-17-34(35)36-26-37(41-27-40-36)43-31-14-10-15-32(25-31)45(2)3/h5-18,23-27,38,42H,1,19-22H2,2-4H3,(H,44,48)(H,40,41,43). The second-order valence-electron chi connectivity index (χ2n) is 12.6. The average Bonchev–Trinajstić information content (AvgIpc) is 3.13. The summed E-state index contributed by atoms with van der Waals surface area (Å²) in [6, 6.07) is 31.3. The van der Waals surface area contributed by atoms with Gasteiger partial charge in [0.25, 0.3) is 5.91 Å². The highest BCUT2D eigenvalue weighted by molar-refractivity contribution is 7.92. The van der Waals surface area contributed by atoms with Crippen LogP contribution < -0.4 is 20.9 Å². The van der Waals surface area contributed by atoms with E-state index >= 15 is 0 Å². The molecule has 12 heteroatoms. The first kappa shape index (κ1) is 35.3. The summed E-state index contributed by atoms with van der Waals surface area (Å²) >= 11 is 0. The van der Waals surface area contributed by atoms with Crippen LogP contribution in [0.25, 0.3) is 11.3 Å². The van der Waals surface area contributed by atoms with Gasteiger partial charge in [0, 0.05) is 85.9 Å². The molecule has 0 saturated carbocycles. The summed E-state index contributed by atoms with van der Waals surface area (Å²) in [5.41, 5.74) is 5.92. The van der Waals surface area contributed by atoms with E-state index in [4.69, 9.17) is 0 Å². The van der Waals surface area contributed by atoms with Crippen LogP contribution in [-0.4, -0.2) is 86.8 Å². The predicted molar refractivity (Wildman–Crippen MR) is 206 cm³/mol. The summed E-state index contributed by atoms with van der Waals surface area (Å²) in [6.07, 6.45) is 3.00. The van der Waals surface area contributed by atoms with Crippen LogP contribution in [0.4, 0.5) is 34.3 Å². The summed E-state index contributed by atoms with van der Waals surface area (Å²) in [7, 11) is 2.21. The first-order chi connectivity index (χ1) is 24.6. The summed E-state index contributed by atoms with van der Waals surface area (Å²) < 4.78 is 27.4. The lowest BCUT2D eigenvalue weighted by Gasteiger charge is -2.36. The largest absolute Gasteiger partial charge is 0.378 e. The van der Waals surface area contributed by atoms with Crippen molar-refractivity contribution in [3.8, 4) is 11.3 Å². The minimum atomic E-state index is -3.80. The Morgan fingerprint density at radius 3 is 2.29 bits per heavy atom. The number of para-hydroxylation sites is 1. The molecule has 2 heterocycles. The van der Waals surface area contributed by atoms with Crippen molar-refractivity contribution in [3.63, 3.8) is 0 Å². The van der Waals surface area contributed by atoms with Crippen LogP contribution >= 0.6 is 0 Å². The molecule has 1 saturated heterocycles. The molecule has 0 aliphatic carbocycles. The van der Waals surface area contributed by atoms with Gasteiger partial charge in [-0.2, -0.15) is 0 Å². The maximum absolute atomic E-state index is 13.7. The molecule has 3 N–H and O–H groups in total. The van der Waals surface area contributed by atoms with Crippen molar-refractivity contribution in [1.82, 2.24) is 19.8 Å². The number of carbonyl (C=O) groups is 1. The number of piperazine rings is 1. The highest BCUT2D eigenvalue weighted by Crippen LogP contribution is 2.31. The number of likely N-dealkylation sites (N-methyl/N-ethyl adjacent to an activating group) is 1. The van der Waals surface area contributed by atoms with Gasteiger partial charge in [-0.1, -0.05) is 42.5 Å². The van der Waals surface area contributed by atoms with Crippen molar-refractivity contribution in [2.45, 2.75) is 10.3 Å². The first-order valence-electron chi connectivity index (χ1n) is 16.6. The predicted octanol–water partition coefficient (Wildman–Crippen LogP) is 6.48. The Hall–Kier alpha value is -5.56. The van der Waals surface area contributed by atoms with Gasteiger partial charge in [0.15, 0.2) is 9.84 Å². The maximum atomic E-state index is 13.7. The fourth-order valence-electron chi connectivity index (χ4n) is 5.93. The molecule has 0 bridgehead atoms. The van der Waals surface area contributed by atoms with Gasteiger partial charge in [-0.3, -0.25) is 9.69 Å². The Morgan fingerprint density at radius 1 is 0.824 bits per heavy atom. The van der Waals surface area contributed by atoms with E-state index in [2.05, 4.69) is 43.5 Å². The number of amides is 1. The van der Waals surface area contributed by atoms with Crippen LogP contribution in [0.1, 0.15) is 10.4 Å². The molecule has 5 aromatic rings. The van der Waals surface area contributed by atoms with E-state index < -0.39 is 21.1 Å². The zero-order valence-corrected chi connectivity index (χ0v) is 29.8. The molecule has 1 aromatic heterocycles. The van der Waals surface area contributed by atoms with Gasteiger partial charge < -0.3 is 25.8 Å². The van der Waals surface area contributed by atoms with Gasteiger partial charge in [0.1, 0.15) is 17.5 Å². The van der Waals surface area contributed by atoms with Gasteiger partial charge >= 0.3 is 0 Å². The molecule has 1 fully saturated rings. The SMILES string of the molecule is C=CC(N1CCN(C)CC1)S(=O)(=O)c1cccc(C(=O)Nc2cccc(Nc3ccccc3-c3cc(Nc4cccc(N(C)C)c4)ncn3)c2)c1. The molecule has 51 heavy (non-hydrogen) atoms. The molecule has 262 valence electrons. The summed E-state index contributed by atoms with van der Waals surface area (Å²) in [6.45, 7) is 6.59. The fraction of sp³-hybridized carbons (Fsp3) is 0.205. The van der Waals surface area contributed by atoms with Crippen molar-refractivity contribution in [1.29, 1.82) is 0 Å². The second-order valence-corrected chi connectivity index (χ2v) is 14.6. The van der Waals surface area contributed by atoms with Gasteiger partial charge in [-0.25, -0.2) is 18.4 Å². The Kier molecular flexibility index (Phi) is 10.8. The molecule has 4 aromatic carbocycles. The van der Waals surface area contributed by atoms with E-state index in [1.165, 1.54) is 24.5 Å². The molecule has 0 spiro atoms. The highest BCUT2D eigenvalue weighted by Gasteiger charge is 2.32. The van der Waals surface area contributed by atoms with Gasteiger partial charge in [-0.15, -0.1) is 6.58 Å². The highest BCUT2D eigenvalue weighted by atomic mass is 32.2. The Bertz CT molecular complexity index is 2130. The maximum Gasteiger partial charge on any atom is 0.255 e. The number of benzene rings is 4. The third-order valence-electron chi connectivity index (χ3n) is 8.75. The molecule has 1 aliphatic rings. The minimum absolute atomic E-state index is 0.0798. The zero-order valence-electron chi connectivity index (χ0n) is 29.0. The minimum Gasteiger partial charge on any atom is -0.378 e. The quantitative estimate of drug-likeness (QED) is 0.125. The molecule has 6 rings (SSSR count). The lowest BCUT2D eigenvalue weighted by atomic mass is 10.1. The Morgan fingerprint density at radius 2 is 1.53 bits per heavy atom. The second kappa shape index (κ2) is 15.5. The molecule has 1 amide bonds. The van der Waals surface area contributed by atoms with E-state index in [0.29, 0.717) is 24.6 Å². The van der Waals surface area contributed by atoms with Crippen LogP contribution in [0, 0.1) is 0 Å². The third-order valence-corrected chi connectivity index (χ3v) is 10.8. The van der Waals surface area contributed by atoms with Crippen LogP contribution in [0.2, 0.25) is 0 Å². The molecule has 11 nitrogen and oxygen atoms in total. The topological polar surface area (TPSA) is 123 Å². The number of aromatic nitrogens is 2. The van der Waals surface area contributed by atoms with Crippen molar-refractivity contribution in [3.05, 3.63) is 128 Å². The van der Waals surface area contributed by atoms with E-state index in [-0.39, 0.29) is 10.5 Å². The van der Waals surface area contributed by atoms with Crippen molar-refractivity contribution in [2.24, 2.45) is 0 Å². The number of rotatable bonds is 12. The van der Waals surface area contributed by atoms with E-state index in [1.807, 2.05) is 97.7 Å². The number of sulfone groups is 1. The van der Waals surface area contributed by atoms with Gasteiger partial charge in [-0.05, 0) is 67.7 Å².